The summed E-state index contributed by atoms with van der Waals surface area (Å²) in [6.07, 6.45) is 3.42. The highest BCUT2D eigenvalue weighted by Crippen LogP contribution is 2.34. The molecule has 1 aliphatic rings. The second-order valence-electron chi connectivity index (χ2n) is 5.31. The van der Waals surface area contributed by atoms with E-state index in [2.05, 4.69) is 29.6 Å². The molecule has 1 unspecified atom stereocenters. The van der Waals surface area contributed by atoms with Crippen molar-refractivity contribution in [3.63, 3.8) is 0 Å². The average molecular weight is 317 g/mol. The molecule has 3 rings (SSSR count). The van der Waals surface area contributed by atoms with E-state index in [-0.39, 0.29) is 6.04 Å². The van der Waals surface area contributed by atoms with Crippen LogP contribution >= 0.6 is 23.8 Å². The summed E-state index contributed by atoms with van der Waals surface area (Å²) >= 11 is 11.4. The van der Waals surface area contributed by atoms with Gasteiger partial charge in [-0.1, -0.05) is 54.2 Å². The molecule has 108 valence electrons. The van der Waals surface area contributed by atoms with E-state index in [4.69, 9.17) is 29.6 Å². The van der Waals surface area contributed by atoms with Crippen LogP contribution in [0.5, 0.6) is 0 Å². The first-order valence-electron chi connectivity index (χ1n) is 7.09. The molecule has 1 aliphatic carbocycles. The van der Waals surface area contributed by atoms with Crippen LogP contribution in [0.4, 0.5) is 5.69 Å². The number of nitrogens with two attached hydrogens (primary N) is 1. The van der Waals surface area contributed by atoms with Gasteiger partial charge < -0.3 is 11.1 Å². The molecule has 0 heterocycles. The van der Waals surface area contributed by atoms with Gasteiger partial charge in [-0.15, -0.1) is 0 Å². The van der Waals surface area contributed by atoms with Gasteiger partial charge in [0.15, 0.2) is 0 Å². The quantitative estimate of drug-likeness (QED) is 0.821. The fraction of sp³-hybridized carbons (Fsp3) is 0.235. The van der Waals surface area contributed by atoms with E-state index in [0.717, 1.165) is 24.1 Å². The Morgan fingerprint density at radius 1 is 1.19 bits per heavy atom. The summed E-state index contributed by atoms with van der Waals surface area (Å²) < 4.78 is 0. The van der Waals surface area contributed by atoms with Crippen molar-refractivity contribution >= 4 is 34.5 Å². The van der Waals surface area contributed by atoms with Crippen LogP contribution in [0.15, 0.2) is 42.5 Å². The minimum absolute atomic E-state index is 0.279. The standard InChI is InChI=1S/C17H17ClN2S/c18-13-8-4-10-15(16(13)17(19)21)20-14-9-3-6-11-5-1-2-7-12(11)14/h1-2,4-5,7-8,10,14,20H,3,6,9H2,(H2,19,21). The lowest BCUT2D eigenvalue weighted by molar-refractivity contribution is 0.600. The van der Waals surface area contributed by atoms with Gasteiger partial charge >= 0.3 is 0 Å². The van der Waals surface area contributed by atoms with E-state index in [1.54, 1.807) is 0 Å². The molecule has 0 aromatic heterocycles. The van der Waals surface area contributed by atoms with Gasteiger partial charge in [-0.3, -0.25) is 0 Å². The Kier molecular flexibility index (Phi) is 4.13. The average Bonchev–Trinajstić information content (AvgIpc) is 2.47. The molecule has 2 nitrogen and oxygen atoms in total. The predicted octanol–water partition coefficient (Wildman–Crippen LogP) is 4.46. The smallest absolute Gasteiger partial charge is 0.107 e. The van der Waals surface area contributed by atoms with Crippen LogP contribution in [0.25, 0.3) is 0 Å². The summed E-state index contributed by atoms with van der Waals surface area (Å²) in [6.45, 7) is 0. The molecule has 0 aliphatic heterocycles. The Labute approximate surface area is 135 Å². The van der Waals surface area contributed by atoms with Crippen LogP contribution in [0.2, 0.25) is 5.02 Å². The predicted molar refractivity (Wildman–Crippen MR) is 93.1 cm³/mol. The third kappa shape index (κ3) is 2.89. The van der Waals surface area contributed by atoms with Crippen molar-refractivity contribution in [2.75, 3.05) is 5.32 Å². The van der Waals surface area contributed by atoms with Crippen LogP contribution in [0, 0.1) is 0 Å². The van der Waals surface area contributed by atoms with Gasteiger partial charge in [0.05, 0.1) is 16.6 Å². The first-order chi connectivity index (χ1) is 10.2. The summed E-state index contributed by atoms with van der Waals surface area (Å²) in [4.78, 5) is 0.326. The highest BCUT2D eigenvalue weighted by molar-refractivity contribution is 7.80. The van der Waals surface area contributed by atoms with Crippen LogP contribution in [-0.2, 0) is 6.42 Å². The van der Waals surface area contributed by atoms with Gasteiger partial charge in [-0.25, -0.2) is 0 Å². The number of anilines is 1. The summed E-state index contributed by atoms with van der Waals surface area (Å²) in [5.74, 6) is 0. The molecular formula is C17H17ClN2S. The van der Waals surface area contributed by atoms with Gasteiger partial charge in [0, 0.05) is 5.69 Å². The van der Waals surface area contributed by atoms with Crippen molar-refractivity contribution in [2.45, 2.75) is 25.3 Å². The van der Waals surface area contributed by atoms with Crippen molar-refractivity contribution in [2.24, 2.45) is 5.73 Å². The number of nitrogens with one attached hydrogen (secondary N) is 1. The van der Waals surface area contributed by atoms with E-state index in [1.807, 2.05) is 18.2 Å². The van der Waals surface area contributed by atoms with Gasteiger partial charge in [-0.2, -0.15) is 0 Å². The monoisotopic (exact) mass is 316 g/mol. The first-order valence-corrected chi connectivity index (χ1v) is 7.88. The normalized spacial score (nSPS) is 17.1. The van der Waals surface area contributed by atoms with E-state index in [1.165, 1.54) is 17.5 Å². The Hall–Kier alpha value is -1.58. The Morgan fingerprint density at radius 3 is 2.81 bits per heavy atom. The molecule has 0 saturated carbocycles. The van der Waals surface area contributed by atoms with E-state index < -0.39 is 0 Å². The zero-order chi connectivity index (χ0) is 14.8. The van der Waals surface area contributed by atoms with Crippen LogP contribution in [0.1, 0.15) is 35.6 Å². The summed E-state index contributed by atoms with van der Waals surface area (Å²) in [7, 11) is 0. The highest BCUT2D eigenvalue weighted by atomic mass is 35.5. The van der Waals surface area contributed by atoms with Crippen molar-refractivity contribution in [1.29, 1.82) is 0 Å². The largest absolute Gasteiger partial charge is 0.389 e. The third-order valence-electron chi connectivity index (χ3n) is 3.96. The number of rotatable bonds is 3. The lowest BCUT2D eigenvalue weighted by Crippen LogP contribution is -2.20. The Balaban J connectivity index is 1.96. The van der Waals surface area contributed by atoms with Crippen LogP contribution < -0.4 is 11.1 Å². The minimum atomic E-state index is 0.279. The van der Waals surface area contributed by atoms with Crippen LogP contribution in [-0.4, -0.2) is 4.99 Å². The fourth-order valence-electron chi connectivity index (χ4n) is 2.99. The lowest BCUT2D eigenvalue weighted by Gasteiger charge is -2.28. The van der Waals surface area contributed by atoms with Crippen LogP contribution in [0.3, 0.4) is 0 Å². The second-order valence-corrected chi connectivity index (χ2v) is 6.16. The van der Waals surface area contributed by atoms with E-state index in [9.17, 15) is 0 Å². The summed E-state index contributed by atoms with van der Waals surface area (Å²) in [5.41, 5.74) is 10.2. The topological polar surface area (TPSA) is 38.0 Å². The maximum atomic E-state index is 6.23. The molecule has 1 atom stereocenters. The molecule has 2 aromatic carbocycles. The first kappa shape index (κ1) is 14.4. The van der Waals surface area contributed by atoms with Gasteiger partial charge in [-0.05, 0) is 42.5 Å². The molecule has 4 heteroatoms. The molecule has 0 saturated heterocycles. The van der Waals surface area contributed by atoms with Crippen molar-refractivity contribution < 1.29 is 0 Å². The third-order valence-corrected chi connectivity index (χ3v) is 4.48. The van der Waals surface area contributed by atoms with Gasteiger partial charge in [0.2, 0.25) is 0 Å². The van der Waals surface area contributed by atoms with E-state index in [0.29, 0.717) is 10.0 Å². The number of halogens is 1. The fourth-order valence-corrected chi connectivity index (χ4v) is 3.54. The number of benzene rings is 2. The molecule has 3 N–H and O–H groups in total. The lowest BCUT2D eigenvalue weighted by atomic mass is 9.87. The minimum Gasteiger partial charge on any atom is -0.389 e. The highest BCUT2D eigenvalue weighted by Gasteiger charge is 2.21. The molecule has 0 amide bonds. The maximum absolute atomic E-state index is 6.23. The number of fused-ring (bicyclic) bond motifs is 1. The van der Waals surface area contributed by atoms with Crippen molar-refractivity contribution in [3.8, 4) is 0 Å². The Bertz CT molecular complexity index is 684. The molecule has 0 bridgehead atoms. The van der Waals surface area contributed by atoms with Gasteiger partial charge in [0.1, 0.15) is 4.99 Å². The van der Waals surface area contributed by atoms with Crippen molar-refractivity contribution in [3.05, 3.63) is 64.2 Å². The number of hydrogen-bond donors (Lipinski definition) is 2. The number of thiocarbonyl (C=S) groups is 1. The maximum Gasteiger partial charge on any atom is 0.107 e. The molecule has 2 aromatic rings. The molecule has 0 spiro atoms. The molecule has 0 radical (unpaired) electrons. The number of hydrogen-bond acceptors (Lipinski definition) is 2. The van der Waals surface area contributed by atoms with Crippen molar-refractivity contribution in [1.82, 2.24) is 0 Å². The summed E-state index contributed by atoms with van der Waals surface area (Å²) in [5, 5.41) is 4.17. The second kappa shape index (κ2) is 6.04. The van der Waals surface area contributed by atoms with Gasteiger partial charge in [0.25, 0.3) is 0 Å². The molecule has 21 heavy (non-hydrogen) atoms. The summed E-state index contributed by atoms with van der Waals surface area (Å²) in [6, 6.07) is 14.6. The SMILES string of the molecule is NC(=S)c1c(Cl)cccc1NC1CCCc2ccccc21. The number of aryl methyl sites for hydroxylation is 1. The molecular weight excluding hydrogens is 300 g/mol. The van der Waals surface area contributed by atoms with E-state index >= 15 is 0 Å². The zero-order valence-corrected chi connectivity index (χ0v) is 13.2. The zero-order valence-electron chi connectivity index (χ0n) is 11.6. The Morgan fingerprint density at radius 2 is 2.00 bits per heavy atom. The molecule has 0 fully saturated rings.